The van der Waals surface area contributed by atoms with Crippen molar-refractivity contribution in [2.24, 2.45) is 0 Å². The highest BCUT2D eigenvalue weighted by atomic mass is 16.6. The van der Waals surface area contributed by atoms with Crippen LogP contribution in [0.3, 0.4) is 0 Å². The van der Waals surface area contributed by atoms with Gasteiger partial charge in [0, 0.05) is 11.5 Å². The Kier molecular flexibility index (Phi) is 3.23. The minimum atomic E-state index is -0.666. The molecule has 0 aliphatic rings. The number of rotatable bonds is 3. The minimum Gasteiger partial charge on any atom is -0.462 e. The van der Waals surface area contributed by atoms with Crippen LogP contribution in [0.5, 0.6) is 0 Å². The topological polar surface area (TPSA) is 69.4 Å². The van der Waals surface area contributed by atoms with Gasteiger partial charge in [-0.25, -0.2) is 4.79 Å². The molecule has 2 aromatic carbocycles. The van der Waals surface area contributed by atoms with Crippen LogP contribution < -0.4 is 0 Å². The number of ether oxygens (including phenoxy) is 1. The Morgan fingerprint density at radius 3 is 2.67 bits per heavy atom. The molecule has 0 bridgehead atoms. The maximum Gasteiger partial charge on any atom is 0.345 e. The Labute approximate surface area is 103 Å². The normalized spacial score (nSPS) is 10.3. The van der Waals surface area contributed by atoms with Crippen LogP contribution in [0.25, 0.3) is 10.8 Å². The lowest BCUT2D eigenvalue weighted by Gasteiger charge is -2.06. The average molecular weight is 245 g/mol. The van der Waals surface area contributed by atoms with Crippen LogP contribution in [0.15, 0.2) is 36.4 Å². The zero-order chi connectivity index (χ0) is 13.1. The number of hydrogen-bond acceptors (Lipinski definition) is 4. The Morgan fingerprint density at radius 1 is 1.28 bits per heavy atom. The second-order valence-electron chi connectivity index (χ2n) is 3.66. The van der Waals surface area contributed by atoms with Crippen molar-refractivity contribution in [3.63, 3.8) is 0 Å². The molecule has 0 aliphatic heterocycles. The summed E-state index contributed by atoms with van der Waals surface area (Å²) in [6, 6.07) is 9.96. The molecule has 0 unspecified atom stereocenters. The average Bonchev–Trinajstić information content (AvgIpc) is 2.37. The number of carbonyl (C=O) groups excluding carboxylic acids is 1. The number of fused-ring (bicyclic) bond motifs is 1. The zero-order valence-electron chi connectivity index (χ0n) is 9.75. The SMILES string of the molecule is CCOC(=O)c1c([N+](=O)[O-])ccc2ccccc12. The minimum absolute atomic E-state index is 0.0138. The van der Waals surface area contributed by atoms with E-state index in [9.17, 15) is 14.9 Å². The molecule has 2 rings (SSSR count). The van der Waals surface area contributed by atoms with Crippen LogP contribution in [-0.2, 0) is 4.74 Å². The number of hydrogen-bond donors (Lipinski definition) is 0. The summed E-state index contributed by atoms with van der Waals surface area (Å²) in [5, 5.41) is 12.3. The van der Waals surface area contributed by atoms with Crippen LogP contribution in [0.4, 0.5) is 5.69 Å². The quantitative estimate of drug-likeness (QED) is 0.473. The summed E-state index contributed by atoms with van der Waals surface area (Å²) in [7, 11) is 0. The number of nitrogens with zero attached hydrogens (tertiary/aromatic N) is 1. The van der Waals surface area contributed by atoms with E-state index in [0.29, 0.717) is 5.39 Å². The Hall–Kier alpha value is -2.43. The van der Waals surface area contributed by atoms with Crippen molar-refractivity contribution in [1.82, 2.24) is 0 Å². The first kappa shape index (κ1) is 12.0. The van der Waals surface area contributed by atoms with E-state index in [1.54, 1.807) is 31.2 Å². The van der Waals surface area contributed by atoms with Gasteiger partial charge in [-0.3, -0.25) is 10.1 Å². The van der Waals surface area contributed by atoms with Gasteiger partial charge in [-0.15, -0.1) is 0 Å². The Morgan fingerprint density at radius 2 is 2.00 bits per heavy atom. The van der Waals surface area contributed by atoms with E-state index in [1.807, 2.05) is 6.07 Å². The molecule has 0 atom stereocenters. The van der Waals surface area contributed by atoms with Gasteiger partial charge in [-0.2, -0.15) is 0 Å². The van der Waals surface area contributed by atoms with Crippen LogP contribution in [0, 0.1) is 10.1 Å². The van der Waals surface area contributed by atoms with E-state index in [-0.39, 0.29) is 17.9 Å². The van der Waals surface area contributed by atoms with Crippen molar-refractivity contribution < 1.29 is 14.5 Å². The van der Waals surface area contributed by atoms with Gasteiger partial charge >= 0.3 is 5.97 Å². The largest absolute Gasteiger partial charge is 0.462 e. The van der Waals surface area contributed by atoms with Crippen molar-refractivity contribution >= 4 is 22.4 Å². The summed E-state index contributed by atoms with van der Waals surface area (Å²) in [5.74, 6) is -0.666. The second-order valence-corrected chi connectivity index (χ2v) is 3.66. The molecule has 0 N–H and O–H groups in total. The first-order valence-corrected chi connectivity index (χ1v) is 5.48. The highest BCUT2D eigenvalue weighted by molar-refractivity contribution is 6.08. The third kappa shape index (κ3) is 2.02. The predicted molar refractivity (Wildman–Crippen MR) is 66.6 cm³/mol. The van der Waals surface area contributed by atoms with Crippen LogP contribution in [0.2, 0.25) is 0 Å². The molecule has 92 valence electrons. The lowest BCUT2D eigenvalue weighted by Crippen LogP contribution is -2.08. The maximum atomic E-state index is 11.9. The van der Waals surface area contributed by atoms with Gasteiger partial charge in [0.1, 0.15) is 5.56 Å². The van der Waals surface area contributed by atoms with E-state index < -0.39 is 10.9 Å². The molecule has 0 spiro atoms. The summed E-state index contributed by atoms with van der Waals surface area (Å²) in [4.78, 5) is 22.3. The first-order chi connectivity index (χ1) is 8.65. The van der Waals surface area contributed by atoms with Gasteiger partial charge in [-0.1, -0.05) is 24.3 Å². The molecule has 5 heteroatoms. The molecular formula is C13H11NO4. The number of benzene rings is 2. The fraction of sp³-hybridized carbons (Fsp3) is 0.154. The molecule has 0 amide bonds. The van der Waals surface area contributed by atoms with Crippen molar-refractivity contribution in [1.29, 1.82) is 0 Å². The summed E-state index contributed by atoms with van der Waals surface area (Å²) in [5.41, 5.74) is -0.216. The fourth-order valence-electron chi connectivity index (χ4n) is 1.83. The van der Waals surface area contributed by atoms with Crippen molar-refractivity contribution in [3.8, 4) is 0 Å². The number of carbonyl (C=O) groups is 1. The Balaban J connectivity index is 2.74. The lowest BCUT2D eigenvalue weighted by molar-refractivity contribution is -0.385. The first-order valence-electron chi connectivity index (χ1n) is 5.48. The standard InChI is InChI=1S/C13H11NO4/c1-2-18-13(15)12-10-6-4-3-5-9(10)7-8-11(12)14(16)17/h3-8H,2H2,1H3. The lowest BCUT2D eigenvalue weighted by atomic mass is 10.0. The van der Waals surface area contributed by atoms with Gasteiger partial charge in [0.15, 0.2) is 0 Å². The predicted octanol–water partition coefficient (Wildman–Crippen LogP) is 2.92. The Bertz CT molecular complexity index is 621. The molecule has 0 aromatic heterocycles. The molecule has 0 aliphatic carbocycles. The molecular weight excluding hydrogens is 234 g/mol. The van der Waals surface area contributed by atoms with Gasteiger partial charge in [0.2, 0.25) is 0 Å². The molecule has 5 nitrogen and oxygen atoms in total. The third-order valence-electron chi connectivity index (χ3n) is 2.58. The molecule has 0 saturated carbocycles. The van der Waals surface area contributed by atoms with Crippen LogP contribution >= 0.6 is 0 Å². The van der Waals surface area contributed by atoms with E-state index in [1.165, 1.54) is 6.07 Å². The van der Waals surface area contributed by atoms with Crippen LogP contribution in [-0.4, -0.2) is 17.5 Å². The van der Waals surface area contributed by atoms with Crippen molar-refractivity contribution in [3.05, 3.63) is 52.1 Å². The maximum absolute atomic E-state index is 11.9. The molecule has 0 heterocycles. The molecule has 0 saturated heterocycles. The summed E-state index contributed by atoms with van der Waals surface area (Å²) < 4.78 is 4.88. The highest BCUT2D eigenvalue weighted by Crippen LogP contribution is 2.28. The molecule has 2 aromatic rings. The van der Waals surface area contributed by atoms with Gasteiger partial charge in [0.05, 0.1) is 11.5 Å². The number of esters is 1. The smallest absolute Gasteiger partial charge is 0.345 e. The molecule has 0 fully saturated rings. The van der Waals surface area contributed by atoms with Crippen molar-refractivity contribution in [2.45, 2.75) is 6.92 Å². The summed E-state index contributed by atoms with van der Waals surface area (Å²) >= 11 is 0. The van der Waals surface area contributed by atoms with E-state index in [2.05, 4.69) is 0 Å². The van der Waals surface area contributed by atoms with Gasteiger partial charge in [-0.05, 0) is 18.4 Å². The molecule has 0 radical (unpaired) electrons. The highest BCUT2D eigenvalue weighted by Gasteiger charge is 2.23. The van der Waals surface area contributed by atoms with Crippen molar-refractivity contribution in [2.75, 3.05) is 6.61 Å². The fourth-order valence-corrected chi connectivity index (χ4v) is 1.83. The van der Waals surface area contributed by atoms with Gasteiger partial charge < -0.3 is 4.74 Å². The summed E-state index contributed by atoms with van der Waals surface area (Å²) in [6.45, 7) is 1.84. The third-order valence-corrected chi connectivity index (χ3v) is 2.58. The van der Waals surface area contributed by atoms with Crippen LogP contribution in [0.1, 0.15) is 17.3 Å². The molecule has 18 heavy (non-hydrogen) atoms. The van der Waals surface area contributed by atoms with E-state index in [0.717, 1.165) is 5.39 Å². The zero-order valence-corrected chi connectivity index (χ0v) is 9.75. The van der Waals surface area contributed by atoms with Gasteiger partial charge in [0.25, 0.3) is 5.69 Å². The van der Waals surface area contributed by atoms with E-state index >= 15 is 0 Å². The van der Waals surface area contributed by atoms with E-state index in [4.69, 9.17) is 4.74 Å². The monoisotopic (exact) mass is 245 g/mol. The summed E-state index contributed by atoms with van der Waals surface area (Å²) in [6.07, 6.45) is 0. The number of nitro benzene ring substituents is 1. The second kappa shape index (κ2) is 4.83. The number of nitro groups is 1.